The van der Waals surface area contributed by atoms with Gasteiger partial charge in [0, 0.05) is 17.2 Å². The van der Waals surface area contributed by atoms with E-state index in [0.717, 1.165) is 12.2 Å². The maximum atomic E-state index is 5.56. The quantitative estimate of drug-likeness (QED) is 0.820. The molecule has 0 aliphatic rings. The molecular weight excluding hydrogens is 234 g/mol. The molecule has 0 unspecified atom stereocenters. The Labute approximate surface area is 105 Å². The van der Waals surface area contributed by atoms with E-state index in [0.29, 0.717) is 6.54 Å². The zero-order valence-corrected chi connectivity index (χ0v) is 10.7. The summed E-state index contributed by atoms with van der Waals surface area (Å²) in [4.78, 5) is 1.33. The monoisotopic (exact) mass is 249 g/mol. The molecule has 3 heteroatoms. The van der Waals surface area contributed by atoms with Crippen molar-refractivity contribution >= 4 is 23.1 Å². The molecule has 2 N–H and O–H groups in total. The Morgan fingerprint density at radius 3 is 2.50 bits per heavy atom. The third-order valence-corrected chi connectivity index (χ3v) is 4.14. The molecule has 84 valence electrons. The number of aryl methyl sites for hydroxylation is 1. The first-order valence-corrected chi connectivity index (χ1v) is 7.24. The molecule has 0 aliphatic heterocycles. The highest BCUT2D eigenvalue weighted by Gasteiger charge is 1.96. The number of nitrogens with two attached hydrogens (primary N) is 1. The van der Waals surface area contributed by atoms with Crippen molar-refractivity contribution in [2.45, 2.75) is 17.9 Å². The third-order valence-electron chi connectivity index (χ3n) is 2.40. The van der Waals surface area contributed by atoms with Crippen molar-refractivity contribution in [3.05, 3.63) is 52.2 Å². The maximum absolute atomic E-state index is 5.56. The predicted molar refractivity (Wildman–Crippen MR) is 73.1 cm³/mol. The molecule has 1 aromatic heterocycles. The lowest BCUT2D eigenvalue weighted by atomic mass is 10.2. The normalized spacial score (nSPS) is 10.6. The van der Waals surface area contributed by atoms with Crippen molar-refractivity contribution in [1.82, 2.24) is 0 Å². The highest BCUT2D eigenvalue weighted by atomic mass is 32.2. The van der Waals surface area contributed by atoms with Gasteiger partial charge in [-0.1, -0.05) is 12.1 Å². The first-order chi connectivity index (χ1) is 7.88. The molecule has 0 saturated carbocycles. The molecule has 16 heavy (non-hydrogen) atoms. The summed E-state index contributed by atoms with van der Waals surface area (Å²) in [5.74, 6) is 1.14. The van der Waals surface area contributed by atoms with Gasteiger partial charge in [-0.25, -0.2) is 0 Å². The lowest BCUT2D eigenvalue weighted by Gasteiger charge is -2.02. The molecule has 0 aliphatic carbocycles. The maximum Gasteiger partial charge on any atom is 0.0178 e. The lowest BCUT2D eigenvalue weighted by molar-refractivity contribution is 1.06. The molecule has 1 aromatic carbocycles. The second kappa shape index (κ2) is 6.09. The molecule has 2 rings (SSSR count). The van der Waals surface area contributed by atoms with Crippen LogP contribution in [0, 0.1) is 0 Å². The van der Waals surface area contributed by atoms with Crippen molar-refractivity contribution in [1.29, 1.82) is 0 Å². The molecule has 0 radical (unpaired) electrons. The van der Waals surface area contributed by atoms with Gasteiger partial charge < -0.3 is 5.73 Å². The third kappa shape index (κ3) is 3.37. The van der Waals surface area contributed by atoms with E-state index in [1.54, 1.807) is 11.3 Å². The fourth-order valence-electron chi connectivity index (χ4n) is 1.44. The largest absolute Gasteiger partial charge is 0.326 e. The number of rotatable bonds is 5. The fourth-order valence-corrected chi connectivity index (χ4v) is 3.05. The Morgan fingerprint density at radius 2 is 1.88 bits per heavy atom. The minimum Gasteiger partial charge on any atom is -0.326 e. The van der Waals surface area contributed by atoms with Gasteiger partial charge in [0.25, 0.3) is 0 Å². The molecule has 0 spiro atoms. The summed E-state index contributed by atoms with van der Waals surface area (Å²) in [6.45, 7) is 0.625. The summed E-state index contributed by atoms with van der Waals surface area (Å²) < 4.78 is 0. The molecule has 0 saturated heterocycles. The molecule has 0 fully saturated rings. The number of thiophene rings is 1. The molecule has 0 bridgehead atoms. The van der Waals surface area contributed by atoms with Crippen LogP contribution in [0.4, 0.5) is 0 Å². The van der Waals surface area contributed by atoms with Gasteiger partial charge in [0.1, 0.15) is 0 Å². The Morgan fingerprint density at radius 1 is 1.06 bits per heavy atom. The Balaban J connectivity index is 1.81. The highest BCUT2D eigenvalue weighted by molar-refractivity contribution is 7.99. The standard InChI is InChI=1S/C13H15NS2/c14-9-11-1-3-13(4-2-11)16-8-6-12-5-7-15-10-12/h1-5,7,10H,6,8-9,14H2. The Hall–Kier alpha value is -0.770. The van der Waals surface area contributed by atoms with E-state index in [1.807, 2.05) is 11.8 Å². The number of benzene rings is 1. The van der Waals surface area contributed by atoms with E-state index in [9.17, 15) is 0 Å². The van der Waals surface area contributed by atoms with E-state index in [1.165, 1.54) is 16.0 Å². The number of hydrogen-bond acceptors (Lipinski definition) is 3. The van der Waals surface area contributed by atoms with E-state index >= 15 is 0 Å². The van der Waals surface area contributed by atoms with Gasteiger partial charge in [0.15, 0.2) is 0 Å². The topological polar surface area (TPSA) is 26.0 Å². The van der Waals surface area contributed by atoms with E-state index in [2.05, 4.69) is 41.1 Å². The zero-order valence-electron chi connectivity index (χ0n) is 9.06. The van der Waals surface area contributed by atoms with Crippen LogP contribution in [-0.4, -0.2) is 5.75 Å². The van der Waals surface area contributed by atoms with Gasteiger partial charge in [0.05, 0.1) is 0 Å². The van der Waals surface area contributed by atoms with Crippen molar-refractivity contribution in [2.24, 2.45) is 5.73 Å². The number of hydrogen-bond donors (Lipinski definition) is 1. The van der Waals surface area contributed by atoms with Crippen LogP contribution in [0.25, 0.3) is 0 Å². The van der Waals surface area contributed by atoms with E-state index in [4.69, 9.17) is 5.73 Å². The summed E-state index contributed by atoms with van der Waals surface area (Å²) in [5.41, 5.74) is 8.20. The van der Waals surface area contributed by atoms with Crippen LogP contribution < -0.4 is 5.73 Å². The highest BCUT2D eigenvalue weighted by Crippen LogP contribution is 2.20. The van der Waals surface area contributed by atoms with Gasteiger partial charge >= 0.3 is 0 Å². The zero-order chi connectivity index (χ0) is 11.2. The first kappa shape index (κ1) is 11.7. The van der Waals surface area contributed by atoms with E-state index < -0.39 is 0 Å². The molecule has 0 amide bonds. The average molecular weight is 249 g/mol. The summed E-state index contributed by atoms with van der Waals surface area (Å²) in [6.07, 6.45) is 1.15. The van der Waals surface area contributed by atoms with Gasteiger partial charge in [-0.3, -0.25) is 0 Å². The molecular formula is C13H15NS2. The first-order valence-electron chi connectivity index (χ1n) is 5.31. The van der Waals surface area contributed by atoms with Crippen LogP contribution >= 0.6 is 23.1 Å². The summed E-state index contributed by atoms with van der Waals surface area (Å²) in [7, 11) is 0. The van der Waals surface area contributed by atoms with Gasteiger partial charge in [0.2, 0.25) is 0 Å². The predicted octanol–water partition coefficient (Wildman–Crippen LogP) is 3.54. The molecule has 1 heterocycles. The lowest BCUT2D eigenvalue weighted by Crippen LogP contribution is -1.95. The fraction of sp³-hybridized carbons (Fsp3) is 0.231. The van der Waals surface area contributed by atoms with Crippen LogP contribution in [0.1, 0.15) is 11.1 Å². The SMILES string of the molecule is NCc1ccc(SCCc2ccsc2)cc1. The van der Waals surface area contributed by atoms with Crippen molar-refractivity contribution in [3.8, 4) is 0 Å². The number of thioether (sulfide) groups is 1. The van der Waals surface area contributed by atoms with E-state index in [-0.39, 0.29) is 0 Å². The molecule has 0 atom stereocenters. The molecule has 1 nitrogen and oxygen atoms in total. The molecule has 2 aromatic rings. The van der Waals surface area contributed by atoms with Crippen molar-refractivity contribution in [3.63, 3.8) is 0 Å². The minimum absolute atomic E-state index is 0.625. The van der Waals surface area contributed by atoms with Crippen molar-refractivity contribution in [2.75, 3.05) is 5.75 Å². The second-order valence-corrected chi connectivity index (χ2v) is 5.53. The van der Waals surface area contributed by atoms with Gasteiger partial charge in [-0.05, 0) is 46.5 Å². The van der Waals surface area contributed by atoms with Crippen LogP contribution in [0.5, 0.6) is 0 Å². The second-order valence-electron chi connectivity index (χ2n) is 3.58. The Kier molecular flexibility index (Phi) is 4.45. The minimum atomic E-state index is 0.625. The van der Waals surface area contributed by atoms with Crippen molar-refractivity contribution < 1.29 is 0 Å². The average Bonchev–Trinajstić information content (AvgIpc) is 2.83. The summed E-state index contributed by atoms with van der Waals surface area (Å²) >= 11 is 3.67. The van der Waals surface area contributed by atoms with Crippen LogP contribution in [0.2, 0.25) is 0 Å². The Bertz CT molecular complexity index is 406. The van der Waals surface area contributed by atoms with Crippen LogP contribution in [0.15, 0.2) is 46.0 Å². The van der Waals surface area contributed by atoms with Gasteiger partial charge in [-0.15, -0.1) is 11.8 Å². The smallest absolute Gasteiger partial charge is 0.0178 e. The summed E-state index contributed by atoms with van der Waals surface area (Å²) in [5, 5.41) is 4.36. The van der Waals surface area contributed by atoms with Crippen LogP contribution in [-0.2, 0) is 13.0 Å². The van der Waals surface area contributed by atoms with Gasteiger partial charge in [-0.2, -0.15) is 11.3 Å². The summed E-state index contributed by atoms with van der Waals surface area (Å²) in [6, 6.07) is 10.7. The van der Waals surface area contributed by atoms with Crippen LogP contribution in [0.3, 0.4) is 0 Å².